The molecular weight excluding hydrogens is 242 g/mol. The Kier molecular flexibility index (Phi) is 1.59. The lowest BCUT2D eigenvalue weighted by molar-refractivity contribution is 0.609. The highest BCUT2D eigenvalue weighted by atomic mass is 79.9. The maximum Gasteiger partial charge on any atom is 0.232 e. The van der Waals surface area contributed by atoms with E-state index in [4.69, 9.17) is 0 Å². The number of aliphatic imine (C=N–C) groups is 1. The molecule has 0 aromatic heterocycles. The monoisotopic (exact) mass is 245 g/mol. The SMILES string of the molecule is O=S1(=O)C(Br)=Nc2ccccc21. The molecule has 3 nitrogen and oxygen atoms in total. The van der Waals surface area contributed by atoms with Gasteiger partial charge in [0, 0.05) is 0 Å². The number of sulfone groups is 1. The van der Waals surface area contributed by atoms with Crippen LogP contribution in [0.3, 0.4) is 0 Å². The minimum Gasteiger partial charge on any atom is -0.228 e. The van der Waals surface area contributed by atoms with Crippen molar-refractivity contribution in [3.8, 4) is 0 Å². The number of hydrogen-bond donors (Lipinski definition) is 0. The third-order valence-corrected chi connectivity index (χ3v) is 4.50. The summed E-state index contributed by atoms with van der Waals surface area (Å²) in [7, 11) is -3.32. The molecular formula is C7H4BrNO2S. The maximum absolute atomic E-state index is 11.4. The normalized spacial score (nSPS) is 18.6. The molecule has 0 N–H and O–H groups in total. The highest BCUT2D eigenvalue weighted by Crippen LogP contribution is 2.33. The molecule has 0 aliphatic carbocycles. The molecule has 0 fully saturated rings. The van der Waals surface area contributed by atoms with Crippen LogP contribution in [0, 0.1) is 0 Å². The molecule has 0 spiro atoms. The van der Waals surface area contributed by atoms with Crippen molar-refractivity contribution in [2.24, 2.45) is 4.99 Å². The van der Waals surface area contributed by atoms with Gasteiger partial charge in [0.25, 0.3) is 0 Å². The van der Waals surface area contributed by atoms with E-state index in [9.17, 15) is 8.42 Å². The van der Waals surface area contributed by atoms with Gasteiger partial charge in [-0.3, -0.25) is 0 Å². The molecule has 1 heterocycles. The van der Waals surface area contributed by atoms with Crippen molar-refractivity contribution in [2.45, 2.75) is 4.90 Å². The maximum atomic E-state index is 11.4. The predicted molar refractivity (Wildman–Crippen MR) is 49.6 cm³/mol. The second kappa shape index (κ2) is 2.40. The fourth-order valence-electron chi connectivity index (χ4n) is 1.02. The zero-order valence-electron chi connectivity index (χ0n) is 5.86. The molecule has 0 bridgehead atoms. The molecule has 0 saturated carbocycles. The van der Waals surface area contributed by atoms with Crippen LogP contribution >= 0.6 is 15.9 Å². The molecule has 0 saturated heterocycles. The fourth-order valence-corrected chi connectivity index (χ4v) is 2.78. The number of hydrogen-bond acceptors (Lipinski definition) is 3. The quantitative estimate of drug-likeness (QED) is 0.701. The molecule has 0 atom stereocenters. The summed E-state index contributed by atoms with van der Waals surface area (Å²) in [5, 5.41) is 0. The molecule has 1 aliphatic heterocycles. The van der Waals surface area contributed by atoms with Crippen LogP contribution in [0.1, 0.15) is 0 Å². The third-order valence-electron chi connectivity index (χ3n) is 1.58. The zero-order valence-corrected chi connectivity index (χ0v) is 8.26. The van der Waals surface area contributed by atoms with Gasteiger partial charge in [-0.1, -0.05) is 12.1 Å². The largest absolute Gasteiger partial charge is 0.232 e. The van der Waals surface area contributed by atoms with Gasteiger partial charge in [-0.2, -0.15) is 0 Å². The Bertz CT molecular complexity index is 464. The summed E-state index contributed by atoms with van der Waals surface area (Å²) in [6.45, 7) is 0. The Morgan fingerprint density at radius 2 is 1.92 bits per heavy atom. The summed E-state index contributed by atoms with van der Waals surface area (Å²) in [4.78, 5) is 4.13. The minimum atomic E-state index is -3.32. The van der Waals surface area contributed by atoms with Gasteiger partial charge in [0.2, 0.25) is 13.8 Å². The van der Waals surface area contributed by atoms with Gasteiger partial charge in [0.1, 0.15) is 0 Å². The van der Waals surface area contributed by atoms with E-state index < -0.39 is 9.84 Å². The van der Waals surface area contributed by atoms with Crippen LogP contribution in [0.25, 0.3) is 0 Å². The molecule has 5 heteroatoms. The van der Waals surface area contributed by atoms with E-state index in [0.717, 1.165) is 0 Å². The lowest BCUT2D eigenvalue weighted by Crippen LogP contribution is -2.02. The van der Waals surface area contributed by atoms with Crippen molar-refractivity contribution < 1.29 is 8.42 Å². The van der Waals surface area contributed by atoms with Crippen LogP contribution in [0.5, 0.6) is 0 Å². The zero-order chi connectivity index (χ0) is 8.77. The lowest BCUT2D eigenvalue weighted by atomic mass is 10.3. The van der Waals surface area contributed by atoms with Crippen LogP contribution < -0.4 is 0 Å². The first-order chi connectivity index (χ1) is 5.62. The molecule has 1 aliphatic rings. The van der Waals surface area contributed by atoms with Crippen molar-refractivity contribution in [2.75, 3.05) is 0 Å². The predicted octanol–water partition coefficient (Wildman–Crippen LogP) is 1.86. The molecule has 0 unspecified atom stereocenters. The second-order valence-corrected chi connectivity index (χ2v) is 5.45. The highest BCUT2D eigenvalue weighted by Gasteiger charge is 2.28. The van der Waals surface area contributed by atoms with E-state index in [1.165, 1.54) is 0 Å². The summed E-state index contributed by atoms with van der Waals surface area (Å²) < 4.78 is 22.8. The van der Waals surface area contributed by atoms with Crippen LogP contribution in [-0.4, -0.2) is 12.4 Å². The molecule has 2 rings (SSSR count). The van der Waals surface area contributed by atoms with Gasteiger partial charge in [-0.25, -0.2) is 13.4 Å². The third kappa shape index (κ3) is 0.931. The van der Waals surface area contributed by atoms with E-state index in [2.05, 4.69) is 20.9 Å². The topological polar surface area (TPSA) is 46.5 Å². The molecule has 12 heavy (non-hydrogen) atoms. The minimum absolute atomic E-state index is 0.00352. The number of benzene rings is 1. The van der Waals surface area contributed by atoms with Crippen LogP contribution in [-0.2, 0) is 9.84 Å². The van der Waals surface area contributed by atoms with Gasteiger partial charge in [0.15, 0.2) is 0 Å². The molecule has 1 aromatic carbocycles. The number of rotatable bonds is 0. The Labute approximate surface area is 78.2 Å². The van der Waals surface area contributed by atoms with Crippen LogP contribution in [0.2, 0.25) is 0 Å². The number of fused-ring (bicyclic) bond motifs is 1. The Balaban J connectivity index is 2.83. The average Bonchev–Trinajstić information content (AvgIpc) is 2.25. The van der Waals surface area contributed by atoms with Crippen LogP contribution in [0.15, 0.2) is 34.2 Å². The van der Waals surface area contributed by atoms with Gasteiger partial charge in [-0.15, -0.1) is 0 Å². The lowest BCUT2D eigenvalue weighted by Gasteiger charge is -1.93. The first-order valence-electron chi connectivity index (χ1n) is 3.21. The second-order valence-electron chi connectivity index (χ2n) is 2.34. The smallest absolute Gasteiger partial charge is 0.228 e. The Hall–Kier alpha value is -0.680. The van der Waals surface area contributed by atoms with E-state index in [1.54, 1.807) is 24.3 Å². The van der Waals surface area contributed by atoms with Crippen molar-refractivity contribution in [3.05, 3.63) is 24.3 Å². The molecule has 1 aromatic rings. The van der Waals surface area contributed by atoms with Gasteiger partial charge in [0.05, 0.1) is 10.6 Å². The van der Waals surface area contributed by atoms with Crippen LogP contribution in [0.4, 0.5) is 5.69 Å². The van der Waals surface area contributed by atoms with E-state index >= 15 is 0 Å². The van der Waals surface area contributed by atoms with E-state index in [0.29, 0.717) is 5.69 Å². The Morgan fingerprint density at radius 3 is 2.58 bits per heavy atom. The standard InChI is InChI=1S/C7H4BrNO2S/c8-7-9-5-3-1-2-4-6(5)12(7,10)11/h1-4H. The number of para-hydroxylation sites is 1. The fraction of sp³-hybridized carbons (Fsp3) is 0. The Morgan fingerprint density at radius 1 is 1.25 bits per heavy atom. The number of nitrogens with zero attached hydrogens (tertiary/aromatic N) is 1. The summed E-state index contributed by atoms with van der Waals surface area (Å²) in [6, 6.07) is 6.64. The molecule has 0 amide bonds. The van der Waals surface area contributed by atoms with Gasteiger partial charge < -0.3 is 0 Å². The van der Waals surface area contributed by atoms with Crippen molar-refractivity contribution in [1.82, 2.24) is 0 Å². The van der Waals surface area contributed by atoms with Gasteiger partial charge >= 0.3 is 0 Å². The summed E-state index contributed by atoms with van der Waals surface area (Å²) in [5.41, 5.74) is 0.504. The summed E-state index contributed by atoms with van der Waals surface area (Å²) in [5.74, 6) is 0. The molecule has 0 radical (unpaired) electrons. The van der Waals surface area contributed by atoms with Gasteiger partial charge in [-0.05, 0) is 28.1 Å². The van der Waals surface area contributed by atoms with Crippen molar-refractivity contribution in [1.29, 1.82) is 0 Å². The van der Waals surface area contributed by atoms with E-state index in [1.807, 2.05) is 0 Å². The van der Waals surface area contributed by atoms with Crippen molar-refractivity contribution >= 4 is 35.4 Å². The average molecular weight is 246 g/mol. The number of halogens is 1. The van der Waals surface area contributed by atoms with E-state index in [-0.39, 0.29) is 8.85 Å². The first-order valence-corrected chi connectivity index (χ1v) is 5.48. The first kappa shape index (κ1) is 7.94. The summed E-state index contributed by atoms with van der Waals surface area (Å²) in [6.07, 6.45) is 0. The van der Waals surface area contributed by atoms with Crippen molar-refractivity contribution in [3.63, 3.8) is 0 Å². The molecule has 62 valence electrons. The highest BCUT2D eigenvalue weighted by molar-refractivity contribution is 9.21. The summed E-state index contributed by atoms with van der Waals surface area (Å²) >= 11 is 2.90.